The fourth-order valence-corrected chi connectivity index (χ4v) is 2.40. The van der Waals surface area contributed by atoms with Gasteiger partial charge in [-0.25, -0.2) is 0 Å². The number of nitrogens with zero attached hydrogens (tertiary/aromatic N) is 3. The summed E-state index contributed by atoms with van der Waals surface area (Å²) in [6, 6.07) is 7.40. The minimum absolute atomic E-state index is 0.0413. The summed E-state index contributed by atoms with van der Waals surface area (Å²) in [6.45, 7) is 2.13. The molecule has 0 atom stereocenters. The molecule has 2 N–H and O–H groups in total. The molecule has 2 aromatic rings. The third kappa shape index (κ3) is 3.12. The first-order valence-electron chi connectivity index (χ1n) is 6.88. The Morgan fingerprint density at radius 3 is 2.95 bits per heavy atom. The van der Waals surface area contributed by atoms with Gasteiger partial charge in [-0.05, 0) is 21.6 Å². The van der Waals surface area contributed by atoms with Gasteiger partial charge in [-0.15, -0.1) is 0 Å². The number of carbonyl (C=O) groups excluding carboxylic acids is 1. The van der Waals surface area contributed by atoms with E-state index in [9.17, 15) is 14.9 Å². The van der Waals surface area contributed by atoms with Crippen molar-refractivity contribution >= 4 is 11.7 Å². The highest BCUT2D eigenvalue weighted by Gasteiger charge is 2.14. The number of aromatic nitrogens is 2. The summed E-state index contributed by atoms with van der Waals surface area (Å²) in [5.74, 6) is -0.504. The highest BCUT2D eigenvalue weighted by molar-refractivity contribution is 5.75. The smallest absolute Gasteiger partial charge is 0.358 e. The van der Waals surface area contributed by atoms with Gasteiger partial charge in [0.1, 0.15) is 6.54 Å². The molecule has 8 heteroatoms. The van der Waals surface area contributed by atoms with Crippen LogP contribution in [0, 0.1) is 10.1 Å². The molecule has 0 saturated heterocycles. The SMILES string of the molecule is O=C(Cn1ccc([N+](=O)[O-])n1)NCc1ccc2c(c1)CNC2. The predicted molar refractivity (Wildman–Crippen MR) is 77.7 cm³/mol. The van der Waals surface area contributed by atoms with Crippen molar-refractivity contribution in [2.75, 3.05) is 0 Å². The zero-order valence-corrected chi connectivity index (χ0v) is 11.8. The third-order valence-electron chi connectivity index (χ3n) is 3.51. The van der Waals surface area contributed by atoms with Gasteiger partial charge >= 0.3 is 5.82 Å². The van der Waals surface area contributed by atoms with Crippen LogP contribution in [0.5, 0.6) is 0 Å². The number of nitrogens with one attached hydrogen (secondary N) is 2. The number of nitro groups is 1. The molecule has 0 unspecified atom stereocenters. The van der Waals surface area contributed by atoms with E-state index in [1.54, 1.807) is 0 Å². The van der Waals surface area contributed by atoms with Gasteiger partial charge in [0.2, 0.25) is 5.91 Å². The Morgan fingerprint density at radius 2 is 2.18 bits per heavy atom. The molecule has 22 heavy (non-hydrogen) atoms. The Kier molecular flexibility index (Phi) is 3.84. The summed E-state index contributed by atoms with van der Waals surface area (Å²) in [5, 5.41) is 20.3. The summed E-state index contributed by atoms with van der Waals surface area (Å²) in [4.78, 5) is 21.8. The molecule has 1 aliphatic rings. The van der Waals surface area contributed by atoms with Crippen LogP contribution in [0.3, 0.4) is 0 Å². The van der Waals surface area contributed by atoms with Crippen molar-refractivity contribution in [3.05, 3.63) is 57.3 Å². The molecule has 0 fully saturated rings. The number of amides is 1. The van der Waals surface area contributed by atoms with Gasteiger partial charge < -0.3 is 20.7 Å². The van der Waals surface area contributed by atoms with Gasteiger partial charge in [0.25, 0.3) is 0 Å². The number of rotatable bonds is 5. The Labute approximate surface area is 126 Å². The van der Waals surface area contributed by atoms with Crippen LogP contribution in [-0.2, 0) is 31.0 Å². The van der Waals surface area contributed by atoms with Crippen LogP contribution in [0.25, 0.3) is 0 Å². The molecule has 1 aliphatic heterocycles. The summed E-state index contributed by atoms with van der Waals surface area (Å²) in [5.41, 5.74) is 3.58. The maximum absolute atomic E-state index is 11.8. The van der Waals surface area contributed by atoms with E-state index in [2.05, 4.69) is 27.9 Å². The van der Waals surface area contributed by atoms with E-state index in [1.165, 1.54) is 28.1 Å². The maximum Gasteiger partial charge on any atom is 0.389 e. The second-order valence-corrected chi connectivity index (χ2v) is 5.11. The van der Waals surface area contributed by atoms with E-state index in [1.807, 2.05) is 6.07 Å². The highest BCUT2D eigenvalue weighted by Crippen LogP contribution is 2.16. The molecule has 0 aliphatic carbocycles. The molecule has 1 aromatic carbocycles. The van der Waals surface area contributed by atoms with E-state index in [-0.39, 0.29) is 18.3 Å². The Bertz CT molecular complexity index is 725. The van der Waals surface area contributed by atoms with E-state index >= 15 is 0 Å². The average Bonchev–Trinajstić information content (AvgIpc) is 3.13. The van der Waals surface area contributed by atoms with E-state index in [0.29, 0.717) is 6.54 Å². The topological polar surface area (TPSA) is 102 Å². The quantitative estimate of drug-likeness (QED) is 0.625. The number of fused-ring (bicyclic) bond motifs is 1. The second-order valence-electron chi connectivity index (χ2n) is 5.11. The minimum Gasteiger partial charge on any atom is -0.358 e. The van der Waals surface area contributed by atoms with Crippen molar-refractivity contribution < 1.29 is 9.72 Å². The summed E-state index contributed by atoms with van der Waals surface area (Å²) < 4.78 is 1.25. The lowest BCUT2D eigenvalue weighted by Gasteiger charge is -2.06. The lowest BCUT2D eigenvalue weighted by atomic mass is 10.1. The largest absolute Gasteiger partial charge is 0.389 e. The van der Waals surface area contributed by atoms with Crippen molar-refractivity contribution in [3.63, 3.8) is 0 Å². The molecule has 0 saturated carbocycles. The van der Waals surface area contributed by atoms with Crippen LogP contribution in [0.1, 0.15) is 16.7 Å². The molecular formula is C14H15N5O3. The van der Waals surface area contributed by atoms with Gasteiger partial charge in [0.05, 0.1) is 17.4 Å². The second kappa shape index (κ2) is 5.94. The first kappa shape index (κ1) is 14.2. The number of carbonyl (C=O) groups is 1. The van der Waals surface area contributed by atoms with Gasteiger partial charge in [0, 0.05) is 19.6 Å². The van der Waals surface area contributed by atoms with Crippen LogP contribution in [-0.4, -0.2) is 20.6 Å². The molecule has 1 amide bonds. The maximum atomic E-state index is 11.8. The van der Waals surface area contributed by atoms with E-state index in [0.717, 1.165) is 18.7 Å². The van der Waals surface area contributed by atoms with Crippen molar-refractivity contribution in [2.45, 2.75) is 26.2 Å². The van der Waals surface area contributed by atoms with Crippen LogP contribution in [0.2, 0.25) is 0 Å². The standard InChI is InChI=1S/C14H15N5O3/c20-14(9-18-4-3-13(17-18)19(21)22)16-6-10-1-2-11-7-15-8-12(11)5-10/h1-5,15H,6-9H2,(H,16,20). The third-order valence-corrected chi connectivity index (χ3v) is 3.51. The van der Waals surface area contributed by atoms with Crippen molar-refractivity contribution in [3.8, 4) is 0 Å². The van der Waals surface area contributed by atoms with Crippen LogP contribution in [0.4, 0.5) is 5.82 Å². The predicted octanol–water partition coefficient (Wildman–Crippen LogP) is 0.711. The van der Waals surface area contributed by atoms with Crippen LogP contribution >= 0.6 is 0 Å². The molecule has 0 bridgehead atoms. The van der Waals surface area contributed by atoms with E-state index in [4.69, 9.17) is 0 Å². The summed E-state index contributed by atoms with van der Waals surface area (Å²) in [6.07, 6.45) is 1.42. The fraction of sp³-hybridized carbons (Fsp3) is 0.286. The molecule has 0 spiro atoms. The zero-order chi connectivity index (χ0) is 15.5. The Morgan fingerprint density at radius 1 is 1.36 bits per heavy atom. The number of hydrogen-bond donors (Lipinski definition) is 2. The van der Waals surface area contributed by atoms with Crippen molar-refractivity contribution in [2.24, 2.45) is 0 Å². The monoisotopic (exact) mass is 301 g/mol. The summed E-state index contributed by atoms with van der Waals surface area (Å²) >= 11 is 0. The number of benzene rings is 1. The normalized spacial score (nSPS) is 12.9. The molecule has 0 radical (unpaired) electrons. The van der Waals surface area contributed by atoms with E-state index < -0.39 is 4.92 Å². The molecule has 2 heterocycles. The Balaban J connectivity index is 1.54. The first-order chi connectivity index (χ1) is 10.6. The molecular weight excluding hydrogens is 286 g/mol. The van der Waals surface area contributed by atoms with Gasteiger partial charge in [-0.1, -0.05) is 18.2 Å². The lowest BCUT2D eigenvalue weighted by molar-refractivity contribution is -0.389. The highest BCUT2D eigenvalue weighted by atomic mass is 16.6. The zero-order valence-electron chi connectivity index (χ0n) is 11.8. The van der Waals surface area contributed by atoms with Crippen molar-refractivity contribution in [1.29, 1.82) is 0 Å². The van der Waals surface area contributed by atoms with Gasteiger partial charge in [-0.3, -0.25) is 4.79 Å². The lowest BCUT2D eigenvalue weighted by Crippen LogP contribution is -2.27. The summed E-state index contributed by atoms with van der Waals surface area (Å²) in [7, 11) is 0. The minimum atomic E-state index is -0.590. The fourth-order valence-electron chi connectivity index (χ4n) is 2.40. The van der Waals surface area contributed by atoms with Crippen LogP contribution in [0.15, 0.2) is 30.5 Å². The van der Waals surface area contributed by atoms with Gasteiger partial charge in [-0.2, -0.15) is 4.68 Å². The average molecular weight is 301 g/mol. The Hall–Kier alpha value is -2.74. The molecule has 3 rings (SSSR count). The first-order valence-corrected chi connectivity index (χ1v) is 6.88. The molecule has 8 nitrogen and oxygen atoms in total. The molecule has 1 aromatic heterocycles. The van der Waals surface area contributed by atoms with Crippen molar-refractivity contribution in [1.82, 2.24) is 20.4 Å². The van der Waals surface area contributed by atoms with Gasteiger partial charge in [0.15, 0.2) is 0 Å². The van der Waals surface area contributed by atoms with Crippen LogP contribution < -0.4 is 10.6 Å². The molecule has 114 valence electrons. The number of hydrogen-bond acceptors (Lipinski definition) is 5.